The van der Waals surface area contributed by atoms with E-state index in [-0.39, 0.29) is 0 Å². The van der Waals surface area contributed by atoms with E-state index in [2.05, 4.69) is 15.3 Å². The Labute approximate surface area is 133 Å². The van der Waals surface area contributed by atoms with E-state index in [0.717, 1.165) is 17.0 Å². The van der Waals surface area contributed by atoms with Gasteiger partial charge in [0.25, 0.3) is 6.01 Å². The minimum atomic E-state index is 0.367. The standard InChI is InChI=1S/C16H18N4O3/c1-21-13-3-2-11(19-9-13)10-22-12-4-5-15-14(8-12)20-16(23-15)18-7-6-17/h2-5,8-9H,6-7,10,17H2,1H3,(H,18,20). The second-order valence-electron chi connectivity index (χ2n) is 4.84. The number of ether oxygens (including phenoxy) is 2. The lowest BCUT2D eigenvalue weighted by Gasteiger charge is -2.06. The number of rotatable bonds is 7. The number of anilines is 1. The first-order valence-corrected chi connectivity index (χ1v) is 7.25. The summed E-state index contributed by atoms with van der Waals surface area (Å²) in [5, 5.41) is 3.01. The molecule has 0 aliphatic heterocycles. The van der Waals surface area contributed by atoms with Gasteiger partial charge in [-0.15, -0.1) is 0 Å². The van der Waals surface area contributed by atoms with Crippen LogP contribution in [0.5, 0.6) is 11.5 Å². The third-order valence-electron chi connectivity index (χ3n) is 3.20. The third kappa shape index (κ3) is 3.70. The average molecular weight is 314 g/mol. The van der Waals surface area contributed by atoms with Gasteiger partial charge in [0.15, 0.2) is 5.58 Å². The Balaban J connectivity index is 1.67. The van der Waals surface area contributed by atoms with Crippen LogP contribution >= 0.6 is 0 Å². The van der Waals surface area contributed by atoms with E-state index in [4.69, 9.17) is 19.6 Å². The fraction of sp³-hybridized carbons (Fsp3) is 0.250. The first-order chi connectivity index (χ1) is 11.3. The quantitative estimate of drug-likeness (QED) is 0.690. The maximum absolute atomic E-state index is 5.74. The van der Waals surface area contributed by atoms with Crippen molar-refractivity contribution in [1.29, 1.82) is 0 Å². The summed E-state index contributed by atoms with van der Waals surface area (Å²) in [6.45, 7) is 1.49. The van der Waals surface area contributed by atoms with Crippen molar-refractivity contribution in [1.82, 2.24) is 9.97 Å². The third-order valence-corrected chi connectivity index (χ3v) is 3.20. The second kappa shape index (κ2) is 6.97. The molecule has 7 nitrogen and oxygen atoms in total. The fourth-order valence-electron chi connectivity index (χ4n) is 2.03. The minimum absolute atomic E-state index is 0.367. The largest absolute Gasteiger partial charge is 0.495 e. The molecule has 23 heavy (non-hydrogen) atoms. The van der Waals surface area contributed by atoms with Gasteiger partial charge in [-0.3, -0.25) is 4.98 Å². The van der Waals surface area contributed by atoms with E-state index >= 15 is 0 Å². The number of benzene rings is 1. The van der Waals surface area contributed by atoms with Gasteiger partial charge in [-0.1, -0.05) is 0 Å². The van der Waals surface area contributed by atoms with Crippen molar-refractivity contribution in [2.45, 2.75) is 6.61 Å². The van der Waals surface area contributed by atoms with Crippen LogP contribution < -0.4 is 20.5 Å². The molecule has 0 amide bonds. The van der Waals surface area contributed by atoms with Crippen molar-refractivity contribution >= 4 is 17.1 Å². The second-order valence-corrected chi connectivity index (χ2v) is 4.84. The molecule has 1 aromatic carbocycles. The number of nitrogens with zero attached hydrogens (tertiary/aromatic N) is 2. The summed E-state index contributed by atoms with van der Waals surface area (Å²) in [6.07, 6.45) is 1.66. The molecule has 0 atom stereocenters. The van der Waals surface area contributed by atoms with Gasteiger partial charge < -0.3 is 24.9 Å². The highest BCUT2D eigenvalue weighted by molar-refractivity contribution is 5.76. The van der Waals surface area contributed by atoms with E-state index in [0.29, 0.717) is 37.0 Å². The summed E-state index contributed by atoms with van der Waals surface area (Å²) in [7, 11) is 1.61. The van der Waals surface area contributed by atoms with Crippen LogP contribution in [0.3, 0.4) is 0 Å². The first-order valence-electron chi connectivity index (χ1n) is 7.25. The van der Waals surface area contributed by atoms with Crippen LogP contribution in [0, 0.1) is 0 Å². The molecule has 3 aromatic rings. The van der Waals surface area contributed by atoms with Gasteiger partial charge in [0.1, 0.15) is 23.6 Å². The highest BCUT2D eigenvalue weighted by Gasteiger charge is 2.07. The Morgan fingerprint density at radius 1 is 1.22 bits per heavy atom. The Morgan fingerprint density at radius 2 is 2.09 bits per heavy atom. The van der Waals surface area contributed by atoms with Crippen LogP contribution in [0.2, 0.25) is 0 Å². The van der Waals surface area contributed by atoms with Crippen LogP contribution in [-0.2, 0) is 6.61 Å². The molecule has 2 heterocycles. The van der Waals surface area contributed by atoms with Crippen LogP contribution in [0.1, 0.15) is 5.69 Å². The summed E-state index contributed by atoms with van der Waals surface area (Å²) in [4.78, 5) is 8.60. The van der Waals surface area contributed by atoms with Crippen LogP contribution in [-0.4, -0.2) is 30.2 Å². The lowest BCUT2D eigenvalue weighted by molar-refractivity contribution is 0.301. The maximum atomic E-state index is 5.74. The number of aromatic nitrogens is 2. The summed E-state index contributed by atoms with van der Waals surface area (Å²) >= 11 is 0. The molecule has 2 aromatic heterocycles. The molecule has 0 radical (unpaired) electrons. The monoisotopic (exact) mass is 314 g/mol. The highest BCUT2D eigenvalue weighted by Crippen LogP contribution is 2.24. The predicted molar refractivity (Wildman–Crippen MR) is 86.7 cm³/mol. The van der Waals surface area contributed by atoms with Gasteiger partial charge >= 0.3 is 0 Å². The number of hydrogen-bond acceptors (Lipinski definition) is 7. The number of oxazole rings is 1. The van der Waals surface area contributed by atoms with Crippen molar-refractivity contribution in [2.75, 3.05) is 25.5 Å². The van der Waals surface area contributed by atoms with E-state index in [1.165, 1.54) is 0 Å². The molecule has 0 unspecified atom stereocenters. The Morgan fingerprint density at radius 3 is 2.83 bits per heavy atom. The highest BCUT2D eigenvalue weighted by atomic mass is 16.5. The Bertz CT molecular complexity index is 771. The van der Waals surface area contributed by atoms with Crippen molar-refractivity contribution < 1.29 is 13.9 Å². The topological polar surface area (TPSA) is 95.4 Å². The molecule has 0 saturated heterocycles. The van der Waals surface area contributed by atoms with Crippen molar-refractivity contribution in [2.24, 2.45) is 5.73 Å². The van der Waals surface area contributed by atoms with Gasteiger partial charge in [0.2, 0.25) is 0 Å². The molecule has 3 rings (SSSR count). The fourth-order valence-corrected chi connectivity index (χ4v) is 2.03. The number of pyridine rings is 1. The van der Waals surface area contributed by atoms with Crippen LogP contribution in [0.25, 0.3) is 11.1 Å². The predicted octanol–water partition coefficient (Wildman–Crippen LogP) is 2.18. The summed E-state index contributed by atoms with van der Waals surface area (Å²) in [5.74, 6) is 1.42. The zero-order chi connectivity index (χ0) is 16.1. The molecule has 0 bridgehead atoms. The Hall–Kier alpha value is -2.80. The lowest BCUT2D eigenvalue weighted by Crippen LogP contribution is -2.13. The van der Waals surface area contributed by atoms with Gasteiger partial charge in [0, 0.05) is 19.2 Å². The van der Waals surface area contributed by atoms with Gasteiger partial charge in [-0.2, -0.15) is 4.98 Å². The number of methoxy groups -OCH3 is 1. The van der Waals surface area contributed by atoms with E-state index < -0.39 is 0 Å². The summed E-state index contributed by atoms with van der Waals surface area (Å²) in [5.41, 5.74) is 7.68. The minimum Gasteiger partial charge on any atom is -0.495 e. The van der Waals surface area contributed by atoms with Crippen molar-refractivity contribution in [3.63, 3.8) is 0 Å². The van der Waals surface area contributed by atoms with Crippen LogP contribution in [0.15, 0.2) is 40.9 Å². The summed E-state index contributed by atoms with van der Waals surface area (Å²) < 4.78 is 16.4. The molecule has 0 aliphatic carbocycles. The zero-order valence-electron chi connectivity index (χ0n) is 12.8. The maximum Gasteiger partial charge on any atom is 0.295 e. The summed E-state index contributed by atoms with van der Waals surface area (Å²) in [6, 6.07) is 9.66. The number of nitrogens with one attached hydrogen (secondary N) is 1. The first kappa shape index (κ1) is 15.1. The molecule has 0 aliphatic rings. The normalized spacial score (nSPS) is 10.7. The van der Waals surface area contributed by atoms with E-state index in [1.54, 1.807) is 13.3 Å². The molecule has 120 valence electrons. The van der Waals surface area contributed by atoms with Crippen LogP contribution in [0.4, 0.5) is 6.01 Å². The van der Waals surface area contributed by atoms with Crippen molar-refractivity contribution in [3.8, 4) is 11.5 Å². The molecule has 0 spiro atoms. The molecule has 3 N–H and O–H groups in total. The lowest BCUT2D eigenvalue weighted by atomic mass is 10.3. The van der Waals surface area contributed by atoms with Gasteiger partial charge in [-0.25, -0.2) is 0 Å². The molecule has 0 fully saturated rings. The smallest absolute Gasteiger partial charge is 0.295 e. The zero-order valence-corrected chi connectivity index (χ0v) is 12.8. The van der Waals surface area contributed by atoms with E-state index in [1.807, 2.05) is 30.3 Å². The van der Waals surface area contributed by atoms with Gasteiger partial charge in [0.05, 0.1) is 19.0 Å². The van der Waals surface area contributed by atoms with E-state index in [9.17, 15) is 0 Å². The molecule has 7 heteroatoms. The Kier molecular flexibility index (Phi) is 4.58. The molecular formula is C16H18N4O3. The number of hydrogen-bond donors (Lipinski definition) is 2. The molecule has 0 saturated carbocycles. The SMILES string of the molecule is COc1ccc(COc2ccc3oc(NCCN)nc3c2)nc1. The average Bonchev–Trinajstić information content (AvgIpc) is 3.00. The number of fused-ring (bicyclic) bond motifs is 1. The van der Waals surface area contributed by atoms with Gasteiger partial charge in [-0.05, 0) is 24.3 Å². The molecular weight excluding hydrogens is 296 g/mol. The number of nitrogens with two attached hydrogens (primary N) is 1. The van der Waals surface area contributed by atoms with Crippen molar-refractivity contribution in [3.05, 3.63) is 42.2 Å².